The van der Waals surface area contributed by atoms with E-state index in [0.29, 0.717) is 0 Å². The van der Waals surface area contributed by atoms with Crippen molar-refractivity contribution >= 4 is 33.0 Å². The van der Waals surface area contributed by atoms with Crippen molar-refractivity contribution in [1.29, 1.82) is 0 Å². The van der Waals surface area contributed by atoms with Crippen LogP contribution in [0.4, 0.5) is 0 Å². The van der Waals surface area contributed by atoms with E-state index in [-0.39, 0.29) is 0 Å². The summed E-state index contributed by atoms with van der Waals surface area (Å²) in [5, 5.41) is 2.24. The summed E-state index contributed by atoms with van der Waals surface area (Å²) in [6.45, 7) is 2.16. The van der Waals surface area contributed by atoms with E-state index in [1.807, 2.05) is 12.1 Å². The summed E-state index contributed by atoms with van der Waals surface area (Å²) in [7, 11) is 4.27. The molecule has 0 amide bonds. The van der Waals surface area contributed by atoms with E-state index in [2.05, 4.69) is 145 Å². The van der Waals surface area contributed by atoms with E-state index < -0.39 is 0 Å². The SMILES string of the molecule is Cc1ccc2c(oc3cc(-c4cc(-c5ccccc5)nc(-c5ccccc5)c4)ccc32)c1-c1n(C)c2ccccc2[n+]1C. The fourth-order valence-electron chi connectivity index (χ4n) is 6.43. The summed E-state index contributed by atoms with van der Waals surface area (Å²) in [5.41, 5.74) is 12.8. The molecule has 5 aromatic carbocycles. The molecular weight excluding hydrogens is 526 g/mol. The highest BCUT2D eigenvalue weighted by molar-refractivity contribution is 6.10. The topological polar surface area (TPSA) is 34.8 Å². The minimum atomic E-state index is 0.875. The molecule has 0 N–H and O–H groups in total. The van der Waals surface area contributed by atoms with Crippen molar-refractivity contribution in [2.75, 3.05) is 0 Å². The summed E-state index contributed by atoms with van der Waals surface area (Å²) >= 11 is 0. The molecule has 0 bridgehead atoms. The second-order valence-electron chi connectivity index (χ2n) is 11.2. The molecule has 0 fully saturated rings. The number of aromatic nitrogens is 3. The molecule has 0 unspecified atom stereocenters. The molecule has 4 heteroatoms. The lowest BCUT2D eigenvalue weighted by Crippen LogP contribution is -2.30. The second-order valence-corrected chi connectivity index (χ2v) is 11.2. The lowest BCUT2D eigenvalue weighted by molar-refractivity contribution is -0.634. The van der Waals surface area contributed by atoms with Crippen LogP contribution in [0.2, 0.25) is 0 Å². The third-order valence-electron chi connectivity index (χ3n) is 8.61. The number of benzene rings is 5. The van der Waals surface area contributed by atoms with Crippen molar-refractivity contribution in [3.63, 3.8) is 0 Å². The second kappa shape index (κ2) is 9.81. The Hall–Kier alpha value is -5.48. The zero-order valence-electron chi connectivity index (χ0n) is 24.4. The van der Waals surface area contributed by atoms with Gasteiger partial charge in [0.2, 0.25) is 0 Å². The number of fused-ring (bicyclic) bond motifs is 4. The molecule has 0 radical (unpaired) electrons. The summed E-state index contributed by atoms with van der Waals surface area (Å²) in [6, 6.07) is 44.6. The molecule has 0 aliphatic carbocycles. The van der Waals surface area contributed by atoms with E-state index in [4.69, 9.17) is 9.40 Å². The highest BCUT2D eigenvalue weighted by atomic mass is 16.3. The zero-order valence-corrected chi connectivity index (χ0v) is 24.4. The van der Waals surface area contributed by atoms with Crippen LogP contribution in [0.15, 0.2) is 132 Å². The van der Waals surface area contributed by atoms with E-state index in [9.17, 15) is 0 Å². The molecule has 0 saturated heterocycles. The number of pyridine rings is 1. The smallest absolute Gasteiger partial charge is 0.293 e. The van der Waals surface area contributed by atoms with Gasteiger partial charge in [-0.25, -0.2) is 14.1 Å². The molecule has 0 atom stereocenters. The molecule has 3 heterocycles. The van der Waals surface area contributed by atoms with E-state index in [1.165, 1.54) is 16.6 Å². The van der Waals surface area contributed by atoms with Gasteiger partial charge in [-0.05, 0) is 60.0 Å². The van der Waals surface area contributed by atoms with Gasteiger partial charge in [-0.3, -0.25) is 0 Å². The maximum absolute atomic E-state index is 6.77. The monoisotopic (exact) mass is 556 g/mol. The quantitative estimate of drug-likeness (QED) is 0.203. The Kier molecular flexibility index (Phi) is 5.76. The van der Waals surface area contributed by atoms with Crippen LogP contribution in [0.3, 0.4) is 0 Å². The minimum absolute atomic E-state index is 0.875. The summed E-state index contributed by atoms with van der Waals surface area (Å²) in [6.07, 6.45) is 0. The number of imidazole rings is 1. The summed E-state index contributed by atoms with van der Waals surface area (Å²) in [4.78, 5) is 5.06. The van der Waals surface area contributed by atoms with Gasteiger partial charge in [-0.15, -0.1) is 0 Å². The van der Waals surface area contributed by atoms with Gasteiger partial charge in [0.1, 0.15) is 11.1 Å². The molecule has 0 aliphatic heterocycles. The van der Waals surface area contributed by atoms with Crippen LogP contribution in [0.25, 0.3) is 78.0 Å². The van der Waals surface area contributed by atoms with E-state index in [0.717, 1.165) is 67.0 Å². The lowest BCUT2D eigenvalue weighted by Gasteiger charge is -2.10. The normalized spacial score (nSPS) is 11.6. The number of para-hydroxylation sites is 2. The fraction of sp³-hybridized carbons (Fsp3) is 0.0769. The molecule has 8 aromatic rings. The highest BCUT2D eigenvalue weighted by Crippen LogP contribution is 2.40. The van der Waals surface area contributed by atoms with Gasteiger partial charge in [0.15, 0.2) is 16.6 Å². The molecule has 0 saturated carbocycles. The van der Waals surface area contributed by atoms with Gasteiger partial charge in [-0.1, -0.05) is 91.0 Å². The van der Waals surface area contributed by atoms with Crippen LogP contribution in [-0.4, -0.2) is 9.55 Å². The molecule has 8 rings (SSSR count). The van der Waals surface area contributed by atoms with E-state index >= 15 is 0 Å². The average molecular weight is 557 g/mol. The predicted molar refractivity (Wildman–Crippen MR) is 176 cm³/mol. The van der Waals surface area contributed by atoms with Gasteiger partial charge < -0.3 is 4.42 Å². The van der Waals surface area contributed by atoms with Crippen molar-refractivity contribution in [1.82, 2.24) is 9.55 Å². The fourth-order valence-corrected chi connectivity index (χ4v) is 6.43. The molecule has 43 heavy (non-hydrogen) atoms. The van der Waals surface area contributed by atoms with Gasteiger partial charge in [0, 0.05) is 21.9 Å². The number of aryl methyl sites for hydroxylation is 3. The number of nitrogens with zero attached hydrogens (tertiary/aromatic N) is 3. The third kappa shape index (κ3) is 4.06. The zero-order chi connectivity index (χ0) is 29.1. The van der Waals surface area contributed by atoms with Crippen LogP contribution in [0.5, 0.6) is 0 Å². The van der Waals surface area contributed by atoms with Crippen molar-refractivity contribution in [2.45, 2.75) is 6.92 Å². The Labute approximate surface area is 250 Å². The number of furan rings is 1. The first-order valence-corrected chi connectivity index (χ1v) is 14.6. The first-order valence-electron chi connectivity index (χ1n) is 14.6. The van der Waals surface area contributed by atoms with Gasteiger partial charge in [0.25, 0.3) is 5.82 Å². The minimum Gasteiger partial charge on any atom is -0.455 e. The number of rotatable bonds is 4. The van der Waals surface area contributed by atoms with Crippen LogP contribution >= 0.6 is 0 Å². The van der Waals surface area contributed by atoms with Gasteiger partial charge in [-0.2, -0.15) is 0 Å². The Morgan fingerprint density at radius 1 is 0.628 bits per heavy atom. The lowest BCUT2D eigenvalue weighted by atomic mass is 9.98. The largest absolute Gasteiger partial charge is 0.455 e. The average Bonchev–Trinajstić information content (AvgIpc) is 3.55. The highest BCUT2D eigenvalue weighted by Gasteiger charge is 2.27. The van der Waals surface area contributed by atoms with Crippen molar-refractivity contribution in [2.24, 2.45) is 14.1 Å². The van der Waals surface area contributed by atoms with Gasteiger partial charge >= 0.3 is 0 Å². The first kappa shape index (κ1) is 25.2. The standard InChI is InChI=1S/C39H30N3O/c1-25-18-20-31-30-21-19-28(24-36(30)43-38(31)37(25)39-41(2)34-16-10-11-17-35(34)42(39)3)29-22-32(26-12-6-4-7-13-26)40-33(23-29)27-14-8-5-9-15-27/h4-24H,1-3H3/q+1. The molecule has 0 aliphatic rings. The maximum Gasteiger partial charge on any atom is 0.293 e. The van der Waals surface area contributed by atoms with Crippen LogP contribution < -0.4 is 4.57 Å². The number of hydrogen-bond donors (Lipinski definition) is 0. The van der Waals surface area contributed by atoms with E-state index in [1.54, 1.807) is 0 Å². The summed E-state index contributed by atoms with van der Waals surface area (Å²) in [5.74, 6) is 1.12. The molecule has 4 nitrogen and oxygen atoms in total. The van der Waals surface area contributed by atoms with Crippen LogP contribution in [-0.2, 0) is 14.1 Å². The third-order valence-corrected chi connectivity index (χ3v) is 8.61. The molecule has 206 valence electrons. The maximum atomic E-state index is 6.77. The first-order chi connectivity index (χ1) is 21.1. The Morgan fingerprint density at radius 3 is 1.93 bits per heavy atom. The van der Waals surface area contributed by atoms with Gasteiger partial charge in [0.05, 0.1) is 25.5 Å². The molecular formula is C39H30N3O+. The van der Waals surface area contributed by atoms with Crippen LogP contribution in [0.1, 0.15) is 5.56 Å². The number of hydrogen-bond acceptors (Lipinski definition) is 2. The Bertz CT molecular complexity index is 2210. The molecule has 0 spiro atoms. The predicted octanol–water partition coefficient (Wildman–Crippen LogP) is 9.27. The molecule has 3 aromatic heterocycles. The Morgan fingerprint density at radius 2 is 1.26 bits per heavy atom. The van der Waals surface area contributed by atoms with Crippen LogP contribution in [0, 0.1) is 6.92 Å². The Balaban J connectivity index is 1.33. The van der Waals surface area contributed by atoms with Crippen molar-refractivity contribution in [3.05, 3.63) is 133 Å². The van der Waals surface area contributed by atoms with Crippen molar-refractivity contribution in [3.8, 4) is 45.0 Å². The summed E-state index contributed by atoms with van der Waals surface area (Å²) < 4.78 is 11.3. The van der Waals surface area contributed by atoms with Crippen molar-refractivity contribution < 1.29 is 8.98 Å².